The Balaban J connectivity index is 2.49. The van der Waals surface area contributed by atoms with Crippen LogP contribution >= 0.6 is 23.2 Å². The van der Waals surface area contributed by atoms with Crippen LogP contribution in [0.1, 0.15) is 32.4 Å². The lowest BCUT2D eigenvalue weighted by molar-refractivity contribution is -0.139. The summed E-state index contributed by atoms with van der Waals surface area (Å²) >= 11 is 12.4. The molecule has 2 amide bonds. The van der Waals surface area contributed by atoms with E-state index in [1.54, 1.807) is 26.0 Å². The molecule has 6 nitrogen and oxygen atoms in total. The number of benzene rings is 1. The van der Waals surface area contributed by atoms with Gasteiger partial charge in [-0.2, -0.15) is 0 Å². The van der Waals surface area contributed by atoms with Crippen molar-refractivity contribution in [1.82, 2.24) is 10.6 Å². The van der Waals surface area contributed by atoms with E-state index in [1.807, 2.05) is 6.92 Å². The molecule has 24 heavy (non-hydrogen) atoms. The fourth-order valence-corrected chi connectivity index (χ4v) is 3.06. The average Bonchev–Trinajstić information content (AvgIpc) is 2.50. The zero-order chi connectivity index (χ0) is 17.9. The summed E-state index contributed by atoms with van der Waals surface area (Å²) in [6.07, 6.45) is 0. The fourth-order valence-electron chi connectivity index (χ4n) is 2.45. The number of halogens is 2. The smallest absolute Gasteiger partial charge is 0.338 e. The second-order valence-electron chi connectivity index (χ2n) is 5.04. The summed E-state index contributed by atoms with van der Waals surface area (Å²) in [7, 11) is 0. The van der Waals surface area contributed by atoms with Crippen molar-refractivity contribution < 1.29 is 19.1 Å². The van der Waals surface area contributed by atoms with Crippen LogP contribution in [-0.2, 0) is 9.53 Å². The number of ether oxygens (including phenoxy) is 2. The largest absolute Gasteiger partial charge is 0.491 e. The lowest BCUT2D eigenvalue weighted by Crippen LogP contribution is -2.45. The third-order valence-electron chi connectivity index (χ3n) is 3.41. The molecule has 2 N–H and O–H groups in total. The normalized spacial score (nSPS) is 17.2. The summed E-state index contributed by atoms with van der Waals surface area (Å²) in [6.45, 7) is 5.80. The van der Waals surface area contributed by atoms with Crippen LogP contribution < -0.4 is 15.4 Å². The molecule has 0 bridgehead atoms. The standard InChI is InChI=1S/C16H18Cl2N2O4/c1-4-23-14-10(17)6-9(7-11(14)18)13-12(15(21)24-5-2)8(3)19-16(22)20-13/h6-7,13H,4-5H2,1-3H3,(H2,19,20,22). The van der Waals surface area contributed by atoms with Gasteiger partial charge < -0.3 is 20.1 Å². The van der Waals surface area contributed by atoms with Crippen LogP contribution in [0.25, 0.3) is 0 Å². The molecule has 1 aromatic rings. The number of rotatable bonds is 5. The molecule has 0 radical (unpaired) electrons. The highest BCUT2D eigenvalue weighted by Crippen LogP contribution is 2.38. The Morgan fingerprint density at radius 2 is 1.83 bits per heavy atom. The van der Waals surface area contributed by atoms with Gasteiger partial charge in [0, 0.05) is 5.70 Å². The molecule has 8 heteroatoms. The number of amides is 2. The van der Waals surface area contributed by atoms with Crippen molar-refractivity contribution in [2.75, 3.05) is 13.2 Å². The van der Waals surface area contributed by atoms with Crippen molar-refractivity contribution in [2.24, 2.45) is 0 Å². The molecular weight excluding hydrogens is 355 g/mol. The van der Waals surface area contributed by atoms with E-state index in [0.717, 1.165) is 0 Å². The van der Waals surface area contributed by atoms with Gasteiger partial charge in [-0.15, -0.1) is 0 Å². The number of hydrogen-bond acceptors (Lipinski definition) is 4. The Hall–Kier alpha value is -1.92. The number of urea groups is 1. The van der Waals surface area contributed by atoms with E-state index in [4.69, 9.17) is 32.7 Å². The first-order valence-electron chi connectivity index (χ1n) is 7.46. The number of hydrogen-bond donors (Lipinski definition) is 2. The topological polar surface area (TPSA) is 76.7 Å². The molecule has 1 aromatic carbocycles. The van der Waals surface area contributed by atoms with E-state index >= 15 is 0 Å². The molecule has 0 spiro atoms. The van der Waals surface area contributed by atoms with Gasteiger partial charge in [0.05, 0.1) is 34.9 Å². The first kappa shape index (κ1) is 18.4. The maximum Gasteiger partial charge on any atom is 0.338 e. The summed E-state index contributed by atoms with van der Waals surface area (Å²) in [6, 6.07) is 2.08. The van der Waals surface area contributed by atoms with E-state index in [-0.39, 0.29) is 6.61 Å². The van der Waals surface area contributed by atoms with Gasteiger partial charge >= 0.3 is 12.0 Å². The molecule has 2 rings (SSSR count). The van der Waals surface area contributed by atoms with E-state index in [1.165, 1.54) is 0 Å². The lowest BCUT2D eigenvalue weighted by Gasteiger charge is -2.28. The van der Waals surface area contributed by atoms with Crippen molar-refractivity contribution in [2.45, 2.75) is 26.8 Å². The highest BCUT2D eigenvalue weighted by atomic mass is 35.5. The molecule has 0 saturated heterocycles. The molecule has 0 saturated carbocycles. The molecule has 1 aliphatic heterocycles. The van der Waals surface area contributed by atoms with Crippen LogP contribution in [0.3, 0.4) is 0 Å². The van der Waals surface area contributed by atoms with E-state index in [0.29, 0.717) is 39.2 Å². The van der Waals surface area contributed by atoms with Gasteiger partial charge in [0.25, 0.3) is 0 Å². The quantitative estimate of drug-likeness (QED) is 0.774. The molecule has 1 atom stereocenters. The number of carbonyl (C=O) groups is 2. The minimum atomic E-state index is -0.719. The van der Waals surface area contributed by atoms with Gasteiger partial charge in [-0.3, -0.25) is 0 Å². The van der Waals surface area contributed by atoms with Crippen molar-refractivity contribution in [3.05, 3.63) is 39.0 Å². The van der Waals surface area contributed by atoms with Crippen LogP contribution in [0.15, 0.2) is 23.4 Å². The molecule has 1 aliphatic rings. The molecule has 1 heterocycles. The van der Waals surface area contributed by atoms with Gasteiger partial charge in [-0.25, -0.2) is 9.59 Å². The predicted octanol–water partition coefficient (Wildman–Crippen LogP) is 3.58. The monoisotopic (exact) mass is 372 g/mol. The summed E-state index contributed by atoms with van der Waals surface area (Å²) in [4.78, 5) is 24.1. The molecule has 0 fully saturated rings. The predicted molar refractivity (Wildman–Crippen MR) is 91.4 cm³/mol. The van der Waals surface area contributed by atoms with Crippen LogP contribution in [0.4, 0.5) is 4.79 Å². The van der Waals surface area contributed by atoms with E-state index in [2.05, 4.69) is 10.6 Å². The van der Waals surface area contributed by atoms with Crippen LogP contribution in [0.5, 0.6) is 5.75 Å². The van der Waals surface area contributed by atoms with Gasteiger partial charge in [-0.05, 0) is 38.5 Å². The van der Waals surface area contributed by atoms with Crippen molar-refractivity contribution in [1.29, 1.82) is 0 Å². The Bertz CT molecular complexity index is 680. The van der Waals surface area contributed by atoms with Gasteiger partial charge in [-0.1, -0.05) is 23.2 Å². The number of allylic oxidation sites excluding steroid dienone is 1. The van der Waals surface area contributed by atoms with Crippen molar-refractivity contribution in [3.63, 3.8) is 0 Å². The lowest BCUT2D eigenvalue weighted by atomic mass is 9.95. The molecule has 0 aliphatic carbocycles. The Kier molecular flexibility index (Phi) is 5.96. The van der Waals surface area contributed by atoms with Gasteiger partial charge in [0.15, 0.2) is 5.75 Å². The second-order valence-corrected chi connectivity index (χ2v) is 5.85. The van der Waals surface area contributed by atoms with Crippen LogP contribution in [0, 0.1) is 0 Å². The van der Waals surface area contributed by atoms with Crippen molar-refractivity contribution >= 4 is 35.2 Å². The third-order valence-corrected chi connectivity index (χ3v) is 3.97. The fraction of sp³-hybridized carbons (Fsp3) is 0.375. The Morgan fingerprint density at radius 1 is 1.21 bits per heavy atom. The number of carbonyl (C=O) groups excluding carboxylic acids is 2. The van der Waals surface area contributed by atoms with Crippen molar-refractivity contribution in [3.8, 4) is 5.75 Å². The minimum Gasteiger partial charge on any atom is -0.491 e. The van der Waals surface area contributed by atoms with Gasteiger partial charge in [0.2, 0.25) is 0 Å². The Labute approximate surface area is 150 Å². The first-order valence-corrected chi connectivity index (χ1v) is 8.21. The van der Waals surface area contributed by atoms with Crippen LogP contribution in [-0.4, -0.2) is 25.2 Å². The molecule has 0 aromatic heterocycles. The first-order chi connectivity index (χ1) is 11.4. The molecular formula is C16H18Cl2N2O4. The van der Waals surface area contributed by atoms with Crippen LogP contribution in [0.2, 0.25) is 10.0 Å². The summed E-state index contributed by atoms with van der Waals surface area (Å²) in [5, 5.41) is 5.86. The third kappa shape index (κ3) is 3.76. The average molecular weight is 373 g/mol. The maximum atomic E-state index is 12.3. The van der Waals surface area contributed by atoms with E-state index in [9.17, 15) is 9.59 Å². The minimum absolute atomic E-state index is 0.223. The van der Waals surface area contributed by atoms with Gasteiger partial charge in [0.1, 0.15) is 0 Å². The number of esters is 1. The molecule has 1 unspecified atom stereocenters. The zero-order valence-corrected chi connectivity index (χ0v) is 15.0. The second kappa shape index (κ2) is 7.77. The highest BCUT2D eigenvalue weighted by Gasteiger charge is 2.32. The summed E-state index contributed by atoms with van der Waals surface area (Å²) < 4.78 is 10.5. The summed E-state index contributed by atoms with van der Waals surface area (Å²) in [5.74, 6) is -0.156. The highest BCUT2D eigenvalue weighted by molar-refractivity contribution is 6.37. The maximum absolute atomic E-state index is 12.3. The SMILES string of the molecule is CCOC(=O)C1=C(C)NC(=O)NC1c1cc(Cl)c(OCC)c(Cl)c1. The summed E-state index contributed by atoms with van der Waals surface area (Å²) in [5.41, 5.74) is 1.28. The number of nitrogens with one attached hydrogen (secondary N) is 2. The van der Waals surface area contributed by atoms with E-state index < -0.39 is 18.0 Å². The Morgan fingerprint density at radius 3 is 2.38 bits per heavy atom. The molecule has 130 valence electrons. The zero-order valence-electron chi connectivity index (χ0n) is 13.5.